The summed E-state index contributed by atoms with van der Waals surface area (Å²) in [4.78, 5) is 36.8. The Labute approximate surface area is 343 Å². The summed E-state index contributed by atoms with van der Waals surface area (Å²) in [6.45, 7) is 4.47. The lowest BCUT2D eigenvalue weighted by Crippen LogP contribution is -2.55. The first-order valence-corrected chi connectivity index (χ1v) is 22.4. The first-order valence-electron chi connectivity index (χ1n) is 22.4. The summed E-state index contributed by atoms with van der Waals surface area (Å²) in [5, 5.41) is 11.6. The first kappa shape index (κ1) is 53.0. The first-order chi connectivity index (χ1) is 27.1. The van der Waals surface area contributed by atoms with Crippen LogP contribution in [0.2, 0.25) is 0 Å². The van der Waals surface area contributed by atoms with Crippen molar-refractivity contribution in [3.05, 3.63) is 60.8 Å². The summed E-state index contributed by atoms with van der Waals surface area (Å²) in [7, 11) is 5.39. The van der Waals surface area contributed by atoms with Crippen molar-refractivity contribution in [2.24, 2.45) is 0 Å². The molecule has 2 atom stereocenters. The number of nitrogens with zero attached hydrogens (tertiary/aromatic N) is 1. The van der Waals surface area contributed by atoms with Crippen LogP contribution in [0.5, 0.6) is 0 Å². The van der Waals surface area contributed by atoms with E-state index in [1.54, 1.807) is 21.1 Å². The van der Waals surface area contributed by atoms with Gasteiger partial charge in [-0.1, -0.05) is 158 Å². The molecule has 0 aliphatic heterocycles. The molecule has 0 radical (unpaired) electrons. The molecule has 56 heavy (non-hydrogen) atoms. The second kappa shape index (κ2) is 38.9. The molecule has 0 amide bonds. The molecule has 8 nitrogen and oxygen atoms in total. The van der Waals surface area contributed by atoms with E-state index in [1.807, 2.05) is 36.5 Å². The number of likely N-dealkylation sites (N-methyl/N-ethyl adjacent to an activating group) is 1. The summed E-state index contributed by atoms with van der Waals surface area (Å²) >= 11 is 0. The van der Waals surface area contributed by atoms with Gasteiger partial charge in [0.1, 0.15) is 12.6 Å². The van der Waals surface area contributed by atoms with E-state index in [4.69, 9.17) is 14.2 Å². The van der Waals surface area contributed by atoms with E-state index in [0.29, 0.717) is 12.8 Å². The Balaban J connectivity index is 4.37. The van der Waals surface area contributed by atoms with Crippen LogP contribution in [0, 0.1) is 0 Å². The predicted molar refractivity (Wildman–Crippen MR) is 231 cm³/mol. The Bertz CT molecular complexity index is 1100. The van der Waals surface area contributed by atoms with Gasteiger partial charge in [-0.2, -0.15) is 0 Å². The Morgan fingerprint density at radius 1 is 0.554 bits per heavy atom. The zero-order chi connectivity index (χ0) is 41.4. The van der Waals surface area contributed by atoms with Crippen molar-refractivity contribution < 1.29 is 38.2 Å². The highest BCUT2D eigenvalue weighted by Gasteiger charge is 2.25. The van der Waals surface area contributed by atoms with Crippen LogP contribution in [0.15, 0.2) is 60.8 Å². The fraction of sp³-hybridized carbons (Fsp3) is 0.729. The van der Waals surface area contributed by atoms with Crippen molar-refractivity contribution in [1.29, 1.82) is 0 Å². The van der Waals surface area contributed by atoms with Gasteiger partial charge in [-0.3, -0.25) is 9.59 Å². The van der Waals surface area contributed by atoms with Crippen LogP contribution in [0.4, 0.5) is 0 Å². The number of quaternary nitrogens is 1. The lowest BCUT2D eigenvalue weighted by molar-refractivity contribution is -0.889. The topological polar surface area (TPSA) is 102 Å². The van der Waals surface area contributed by atoms with E-state index >= 15 is 0 Å². The number of carboxylic acids is 1. The lowest BCUT2D eigenvalue weighted by Gasteiger charge is -2.34. The van der Waals surface area contributed by atoms with Crippen LogP contribution in [0.3, 0.4) is 0 Å². The Morgan fingerprint density at radius 3 is 1.55 bits per heavy atom. The van der Waals surface area contributed by atoms with Gasteiger partial charge in [0.15, 0.2) is 6.10 Å². The number of aliphatic carboxylic acids is 1. The highest BCUT2D eigenvalue weighted by atomic mass is 16.6. The minimum Gasteiger partial charge on any atom is -0.544 e. The van der Waals surface area contributed by atoms with Gasteiger partial charge in [0.05, 0.1) is 40.3 Å². The molecule has 0 spiro atoms. The minimum atomic E-state index is -1.13. The highest BCUT2D eigenvalue weighted by Crippen LogP contribution is 2.14. The molecule has 0 aliphatic rings. The summed E-state index contributed by atoms with van der Waals surface area (Å²) in [5.74, 6) is -1.80. The third-order valence-corrected chi connectivity index (χ3v) is 9.73. The van der Waals surface area contributed by atoms with Gasteiger partial charge in [-0.15, -0.1) is 0 Å². The van der Waals surface area contributed by atoms with Gasteiger partial charge < -0.3 is 28.6 Å². The molecule has 0 saturated carbocycles. The largest absolute Gasteiger partial charge is 0.544 e. The standard InChI is InChI=1S/C48H83NO7/c1-6-8-10-12-14-16-18-20-21-22-23-24-25-27-29-31-33-35-37-39-47(51)56-44(42-54-41-40-45(48(52)53)49(3,4)5)43-55-46(50)38-36-34-32-30-28-26-19-17-15-13-11-9-7-2/h9,11,13,15,17,19,22-23,26,28,44-45H,6-8,10,12,14,16,18,20-21,24-25,27,29-43H2,1-5H3/b11-9+,15-13+,19-17+,23-22+,28-26+. The van der Waals surface area contributed by atoms with Crippen LogP contribution < -0.4 is 5.11 Å². The summed E-state index contributed by atoms with van der Waals surface area (Å²) < 4.78 is 17.1. The zero-order valence-corrected chi connectivity index (χ0v) is 36.5. The summed E-state index contributed by atoms with van der Waals surface area (Å²) in [6, 6.07) is -0.734. The molecule has 0 saturated heterocycles. The molecule has 2 unspecified atom stereocenters. The minimum absolute atomic E-state index is 0.0241. The van der Waals surface area contributed by atoms with Gasteiger partial charge in [-0.05, 0) is 57.8 Å². The molecule has 0 fully saturated rings. The maximum absolute atomic E-state index is 12.7. The van der Waals surface area contributed by atoms with Crippen LogP contribution in [0.25, 0.3) is 0 Å². The quantitative estimate of drug-likeness (QED) is 0.0201. The summed E-state index contributed by atoms with van der Waals surface area (Å²) in [6.07, 6.45) is 46.8. The molecular weight excluding hydrogens is 703 g/mol. The zero-order valence-electron chi connectivity index (χ0n) is 36.5. The average Bonchev–Trinajstić information content (AvgIpc) is 3.15. The fourth-order valence-corrected chi connectivity index (χ4v) is 6.25. The number of esters is 2. The third kappa shape index (κ3) is 36.7. The molecule has 0 bridgehead atoms. The SMILES string of the molecule is CC/C=C/C=C/C=C/C=C/CCCCCC(=O)OCC(COCCC(C(=O)[O-])[N+](C)(C)C)OC(=O)CCCCCCCCC/C=C/CCCCCCCCCC. The Kier molecular flexibility index (Phi) is 36.8. The van der Waals surface area contributed by atoms with E-state index in [0.717, 1.165) is 51.4 Å². The summed E-state index contributed by atoms with van der Waals surface area (Å²) in [5.41, 5.74) is 0. The maximum Gasteiger partial charge on any atom is 0.306 e. The van der Waals surface area contributed by atoms with E-state index in [2.05, 4.69) is 38.2 Å². The molecule has 0 aromatic heterocycles. The van der Waals surface area contributed by atoms with Gasteiger partial charge in [-0.25, -0.2) is 0 Å². The van der Waals surface area contributed by atoms with E-state index < -0.39 is 18.1 Å². The number of unbranched alkanes of at least 4 members (excludes halogenated alkanes) is 18. The maximum atomic E-state index is 12.7. The number of carboxylic acid groups (broad SMARTS) is 1. The molecule has 0 N–H and O–H groups in total. The smallest absolute Gasteiger partial charge is 0.306 e. The van der Waals surface area contributed by atoms with E-state index in [9.17, 15) is 19.5 Å². The van der Waals surface area contributed by atoms with Crippen LogP contribution in [0.1, 0.15) is 174 Å². The van der Waals surface area contributed by atoms with Crippen LogP contribution in [-0.4, -0.2) is 75.5 Å². The second-order valence-corrected chi connectivity index (χ2v) is 16.0. The molecule has 0 heterocycles. The highest BCUT2D eigenvalue weighted by molar-refractivity contribution is 5.70. The number of hydrogen-bond acceptors (Lipinski definition) is 7. The van der Waals surface area contributed by atoms with Crippen LogP contribution in [-0.2, 0) is 28.6 Å². The van der Waals surface area contributed by atoms with Crippen LogP contribution >= 0.6 is 0 Å². The van der Waals surface area contributed by atoms with Crippen molar-refractivity contribution in [1.82, 2.24) is 0 Å². The fourth-order valence-electron chi connectivity index (χ4n) is 6.25. The molecule has 0 aromatic carbocycles. The number of carbonyl (C=O) groups is 3. The monoisotopic (exact) mass is 786 g/mol. The number of rotatable bonds is 39. The average molecular weight is 786 g/mol. The van der Waals surface area contributed by atoms with Crippen molar-refractivity contribution in [3.63, 3.8) is 0 Å². The number of hydrogen-bond donors (Lipinski definition) is 0. The van der Waals surface area contributed by atoms with Crippen molar-refractivity contribution >= 4 is 17.9 Å². The molecule has 0 aromatic rings. The molecule has 0 aliphatic carbocycles. The molecule has 322 valence electrons. The van der Waals surface area contributed by atoms with E-state index in [1.165, 1.54) is 89.9 Å². The second-order valence-electron chi connectivity index (χ2n) is 16.0. The van der Waals surface area contributed by atoms with Crippen molar-refractivity contribution in [3.8, 4) is 0 Å². The number of carbonyl (C=O) groups excluding carboxylic acids is 3. The molecular formula is C48H83NO7. The normalized spacial score (nSPS) is 13.5. The Morgan fingerprint density at radius 2 is 1.02 bits per heavy atom. The molecule has 0 rings (SSSR count). The van der Waals surface area contributed by atoms with Crippen molar-refractivity contribution in [2.75, 3.05) is 41.0 Å². The number of ether oxygens (including phenoxy) is 3. The van der Waals surface area contributed by atoms with Gasteiger partial charge >= 0.3 is 11.9 Å². The number of allylic oxidation sites excluding steroid dienone is 10. The van der Waals surface area contributed by atoms with Gasteiger partial charge in [0.2, 0.25) is 0 Å². The molecule has 8 heteroatoms. The van der Waals surface area contributed by atoms with E-state index in [-0.39, 0.29) is 42.7 Å². The lowest BCUT2D eigenvalue weighted by atomic mass is 10.1. The Hall–Kier alpha value is -2.97. The van der Waals surface area contributed by atoms with Crippen molar-refractivity contribution in [2.45, 2.75) is 187 Å². The van der Waals surface area contributed by atoms with Gasteiger partial charge in [0, 0.05) is 19.3 Å². The third-order valence-electron chi connectivity index (χ3n) is 9.73. The predicted octanol–water partition coefficient (Wildman–Crippen LogP) is 10.9. The van der Waals surface area contributed by atoms with Gasteiger partial charge in [0.25, 0.3) is 0 Å².